The molecule has 0 spiro atoms. The van der Waals surface area contributed by atoms with Gasteiger partial charge in [0, 0.05) is 17.6 Å². The van der Waals surface area contributed by atoms with E-state index in [2.05, 4.69) is 10.1 Å². The standard InChI is InChI=1S/C19H18ClN3O3/c1-13-5-3-4-6-16(13)25-12-18(24)23(2)11-17-21-19(22-26-17)14-7-9-15(20)10-8-14/h3-10H,11-12H2,1-2H3. The van der Waals surface area contributed by atoms with Crippen molar-refractivity contribution in [1.82, 2.24) is 15.0 Å². The Morgan fingerprint density at radius 2 is 1.92 bits per heavy atom. The van der Waals surface area contributed by atoms with Crippen LogP contribution in [0, 0.1) is 6.92 Å². The molecule has 26 heavy (non-hydrogen) atoms. The van der Waals surface area contributed by atoms with Crippen LogP contribution < -0.4 is 4.74 Å². The van der Waals surface area contributed by atoms with E-state index in [9.17, 15) is 4.79 Å². The van der Waals surface area contributed by atoms with Crippen LogP contribution in [0.1, 0.15) is 11.5 Å². The number of nitrogens with zero attached hydrogens (tertiary/aromatic N) is 3. The molecule has 1 aromatic heterocycles. The minimum Gasteiger partial charge on any atom is -0.484 e. The molecule has 0 saturated carbocycles. The van der Waals surface area contributed by atoms with Crippen molar-refractivity contribution in [2.45, 2.75) is 13.5 Å². The summed E-state index contributed by atoms with van der Waals surface area (Å²) in [5, 5.41) is 4.57. The second-order valence-corrected chi connectivity index (χ2v) is 6.26. The lowest BCUT2D eigenvalue weighted by Crippen LogP contribution is -2.31. The number of carbonyl (C=O) groups is 1. The minimum atomic E-state index is -0.181. The second kappa shape index (κ2) is 8.01. The molecule has 0 aliphatic carbocycles. The summed E-state index contributed by atoms with van der Waals surface area (Å²) < 4.78 is 10.8. The number of ether oxygens (including phenoxy) is 1. The van der Waals surface area contributed by atoms with E-state index in [0.717, 1.165) is 11.1 Å². The predicted molar refractivity (Wildman–Crippen MR) is 97.9 cm³/mol. The molecule has 7 heteroatoms. The van der Waals surface area contributed by atoms with Gasteiger partial charge in [0.1, 0.15) is 5.75 Å². The van der Waals surface area contributed by atoms with Crippen LogP contribution in [-0.4, -0.2) is 34.6 Å². The van der Waals surface area contributed by atoms with Crippen molar-refractivity contribution in [3.63, 3.8) is 0 Å². The van der Waals surface area contributed by atoms with Gasteiger partial charge in [0.05, 0.1) is 6.54 Å². The van der Waals surface area contributed by atoms with Crippen molar-refractivity contribution in [2.24, 2.45) is 0 Å². The van der Waals surface area contributed by atoms with Gasteiger partial charge in [-0.1, -0.05) is 35.0 Å². The first kappa shape index (κ1) is 17.9. The molecule has 0 unspecified atom stereocenters. The predicted octanol–water partition coefficient (Wildman–Crippen LogP) is 3.74. The Morgan fingerprint density at radius 1 is 1.19 bits per heavy atom. The average Bonchev–Trinajstić information content (AvgIpc) is 3.09. The van der Waals surface area contributed by atoms with Gasteiger partial charge in [-0.25, -0.2) is 0 Å². The molecule has 0 atom stereocenters. The monoisotopic (exact) mass is 371 g/mol. The summed E-state index contributed by atoms with van der Waals surface area (Å²) in [5.74, 6) is 1.31. The molecule has 0 fully saturated rings. The number of hydrogen-bond acceptors (Lipinski definition) is 5. The maximum absolute atomic E-state index is 12.2. The average molecular weight is 372 g/mol. The number of benzene rings is 2. The van der Waals surface area contributed by atoms with Crippen molar-refractivity contribution in [2.75, 3.05) is 13.7 Å². The van der Waals surface area contributed by atoms with Crippen molar-refractivity contribution < 1.29 is 14.1 Å². The Kier molecular flexibility index (Phi) is 5.53. The summed E-state index contributed by atoms with van der Waals surface area (Å²) in [7, 11) is 1.66. The molecule has 0 aliphatic rings. The van der Waals surface area contributed by atoms with Crippen LogP contribution in [0.15, 0.2) is 53.1 Å². The van der Waals surface area contributed by atoms with Crippen molar-refractivity contribution >= 4 is 17.5 Å². The third-order valence-electron chi connectivity index (χ3n) is 3.81. The fourth-order valence-electron chi connectivity index (χ4n) is 2.29. The lowest BCUT2D eigenvalue weighted by molar-refractivity contribution is -0.132. The maximum Gasteiger partial charge on any atom is 0.260 e. The number of halogens is 1. The van der Waals surface area contributed by atoms with Crippen molar-refractivity contribution in [3.05, 3.63) is 65.0 Å². The lowest BCUT2D eigenvalue weighted by Gasteiger charge is -2.15. The van der Waals surface area contributed by atoms with E-state index in [1.807, 2.05) is 43.3 Å². The SMILES string of the molecule is Cc1ccccc1OCC(=O)N(C)Cc1nc(-c2ccc(Cl)cc2)no1. The van der Waals surface area contributed by atoms with E-state index in [1.54, 1.807) is 19.2 Å². The molecular formula is C19H18ClN3O3. The Balaban J connectivity index is 1.57. The number of aryl methyl sites for hydroxylation is 1. The van der Waals surface area contributed by atoms with E-state index in [0.29, 0.717) is 22.5 Å². The molecule has 3 aromatic rings. The number of carbonyl (C=O) groups excluding carboxylic acids is 1. The summed E-state index contributed by atoms with van der Waals surface area (Å²) >= 11 is 5.87. The maximum atomic E-state index is 12.2. The van der Waals surface area contributed by atoms with E-state index in [1.165, 1.54) is 4.90 Å². The van der Waals surface area contributed by atoms with Crippen LogP contribution in [0.2, 0.25) is 5.02 Å². The topological polar surface area (TPSA) is 68.5 Å². The van der Waals surface area contributed by atoms with Crippen molar-refractivity contribution in [3.8, 4) is 17.1 Å². The van der Waals surface area contributed by atoms with Crippen LogP contribution in [-0.2, 0) is 11.3 Å². The van der Waals surface area contributed by atoms with E-state index in [-0.39, 0.29) is 19.1 Å². The molecule has 0 radical (unpaired) electrons. The van der Waals surface area contributed by atoms with Crippen LogP contribution in [0.25, 0.3) is 11.4 Å². The molecule has 134 valence electrons. The van der Waals surface area contributed by atoms with E-state index < -0.39 is 0 Å². The summed E-state index contributed by atoms with van der Waals surface area (Å²) in [4.78, 5) is 18.0. The lowest BCUT2D eigenvalue weighted by atomic mass is 10.2. The molecule has 0 bridgehead atoms. The zero-order chi connectivity index (χ0) is 18.5. The number of para-hydroxylation sites is 1. The number of likely N-dealkylation sites (N-methyl/N-ethyl adjacent to an activating group) is 1. The summed E-state index contributed by atoms with van der Waals surface area (Å²) in [5.41, 5.74) is 1.77. The smallest absolute Gasteiger partial charge is 0.260 e. The molecule has 2 aromatic carbocycles. The van der Waals surface area contributed by atoms with Gasteiger partial charge < -0.3 is 14.2 Å². The fraction of sp³-hybridized carbons (Fsp3) is 0.211. The highest BCUT2D eigenvalue weighted by Crippen LogP contribution is 2.19. The van der Waals surface area contributed by atoms with Crippen molar-refractivity contribution in [1.29, 1.82) is 0 Å². The number of amides is 1. The van der Waals surface area contributed by atoms with Gasteiger partial charge in [-0.3, -0.25) is 4.79 Å². The zero-order valence-electron chi connectivity index (χ0n) is 14.5. The van der Waals surface area contributed by atoms with E-state index in [4.69, 9.17) is 20.9 Å². The van der Waals surface area contributed by atoms with Gasteiger partial charge in [-0.05, 0) is 42.8 Å². The number of rotatable bonds is 6. The normalized spacial score (nSPS) is 10.6. The van der Waals surface area contributed by atoms with Gasteiger partial charge in [0.25, 0.3) is 5.91 Å². The molecule has 1 heterocycles. The Bertz CT molecular complexity index is 893. The number of hydrogen-bond donors (Lipinski definition) is 0. The first-order valence-electron chi connectivity index (χ1n) is 8.04. The number of aromatic nitrogens is 2. The first-order chi connectivity index (χ1) is 12.5. The quantitative estimate of drug-likeness (QED) is 0.660. The van der Waals surface area contributed by atoms with Crippen LogP contribution in [0.4, 0.5) is 0 Å². The largest absolute Gasteiger partial charge is 0.484 e. The first-order valence-corrected chi connectivity index (χ1v) is 8.41. The zero-order valence-corrected chi connectivity index (χ0v) is 15.2. The summed E-state index contributed by atoms with van der Waals surface area (Å²) in [6.07, 6.45) is 0. The van der Waals surface area contributed by atoms with Gasteiger partial charge in [-0.15, -0.1) is 0 Å². The summed E-state index contributed by atoms with van der Waals surface area (Å²) in [6.45, 7) is 2.08. The fourth-order valence-corrected chi connectivity index (χ4v) is 2.42. The molecule has 0 N–H and O–H groups in total. The molecule has 0 saturated heterocycles. The molecule has 1 amide bonds. The minimum absolute atomic E-state index is 0.0560. The van der Waals surface area contributed by atoms with Gasteiger partial charge in [0.2, 0.25) is 11.7 Å². The van der Waals surface area contributed by atoms with Gasteiger partial charge in [-0.2, -0.15) is 4.98 Å². The van der Waals surface area contributed by atoms with Crippen LogP contribution in [0.3, 0.4) is 0 Å². The molecule has 6 nitrogen and oxygen atoms in total. The van der Waals surface area contributed by atoms with Crippen LogP contribution >= 0.6 is 11.6 Å². The molecular weight excluding hydrogens is 354 g/mol. The second-order valence-electron chi connectivity index (χ2n) is 5.82. The highest BCUT2D eigenvalue weighted by atomic mass is 35.5. The summed E-state index contributed by atoms with van der Waals surface area (Å²) in [6, 6.07) is 14.7. The van der Waals surface area contributed by atoms with Crippen LogP contribution in [0.5, 0.6) is 5.75 Å². The highest BCUT2D eigenvalue weighted by molar-refractivity contribution is 6.30. The third-order valence-corrected chi connectivity index (χ3v) is 4.07. The molecule has 3 rings (SSSR count). The third kappa shape index (κ3) is 4.40. The van der Waals surface area contributed by atoms with Gasteiger partial charge in [0.15, 0.2) is 6.61 Å². The Morgan fingerprint density at radius 3 is 2.65 bits per heavy atom. The Labute approximate surface area is 156 Å². The van der Waals surface area contributed by atoms with Gasteiger partial charge >= 0.3 is 0 Å². The highest BCUT2D eigenvalue weighted by Gasteiger charge is 2.15. The van der Waals surface area contributed by atoms with E-state index >= 15 is 0 Å². The Hall–Kier alpha value is -2.86. The molecule has 0 aliphatic heterocycles.